The molecule has 2 aromatic carbocycles. The molecule has 0 aliphatic heterocycles. The van der Waals surface area contributed by atoms with Gasteiger partial charge in [0, 0.05) is 6.54 Å². The zero-order chi connectivity index (χ0) is 23.9. The first-order valence-electron chi connectivity index (χ1n) is 11.6. The molecule has 2 aromatic rings. The Hall–Kier alpha value is -2.78. The van der Waals surface area contributed by atoms with Crippen LogP contribution in [-0.2, 0) is 11.3 Å². The van der Waals surface area contributed by atoms with Crippen LogP contribution in [-0.4, -0.2) is 19.1 Å². The maximum absolute atomic E-state index is 12.5. The number of carbonyl (C=O) groups is 1. The van der Waals surface area contributed by atoms with E-state index in [9.17, 15) is 10.1 Å². The number of halogens is 1. The van der Waals surface area contributed by atoms with Crippen LogP contribution in [0.5, 0.6) is 11.5 Å². The van der Waals surface area contributed by atoms with E-state index in [-0.39, 0.29) is 5.57 Å². The molecule has 0 aromatic heterocycles. The van der Waals surface area contributed by atoms with Gasteiger partial charge < -0.3 is 14.8 Å². The summed E-state index contributed by atoms with van der Waals surface area (Å²) in [5.74, 6) is 0.819. The van der Waals surface area contributed by atoms with Crippen molar-refractivity contribution in [1.29, 1.82) is 5.26 Å². The predicted molar refractivity (Wildman–Crippen MR) is 136 cm³/mol. The second-order valence-electron chi connectivity index (χ2n) is 7.72. The Morgan fingerprint density at radius 3 is 2.48 bits per heavy atom. The molecule has 0 aliphatic carbocycles. The molecule has 176 valence electrons. The van der Waals surface area contributed by atoms with Crippen LogP contribution >= 0.6 is 15.9 Å². The van der Waals surface area contributed by atoms with Crippen molar-refractivity contribution >= 4 is 27.9 Å². The number of carbonyl (C=O) groups excluding carboxylic acids is 1. The lowest BCUT2D eigenvalue weighted by Crippen LogP contribution is -2.23. The largest absolute Gasteiger partial charge is 0.490 e. The van der Waals surface area contributed by atoms with Gasteiger partial charge in [0.2, 0.25) is 0 Å². The highest BCUT2D eigenvalue weighted by atomic mass is 79.9. The van der Waals surface area contributed by atoms with Crippen molar-refractivity contribution in [2.45, 2.75) is 58.9 Å². The number of hydrogen-bond donors (Lipinski definition) is 1. The van der Waals surface area contributed by atoms with E-state index in [2.05, 4.69) is 28.2 Å². The Morgan fingerprint density at radius 1 is 1.06 bits per heavy atom. The summed E-state index contributed by atoms with van der Waals surface area (Å²) < 4.78 is 12.5. The molecule has 5 nitrogen and oxygen atoms in total. The van der Waals surface area contributed by atoms with Gasteiger partial charge in [-0.1, -0.05) is 69.4 Å². The minimum atomic E-state index is -0.418. The van der Waals surface area contributed by atoms with Crippen LogP contribution in [0.1, 0.15) is 63.5 Å². The van der Waals surface area contributed by atoms with Gasteiger partial charge >= 0.3 is 0 Å². The monoisotopic (exact) mass is 512 g/mol. The first-order valence-corrected chi connectivity index (χ1v) is 12.4. The molecule has 0 heterocycles. The minimum Gasteiger partial charge on any atom is -0.490 e. The number of amides is 1. The smallest absolute Gasteiger partial charge is 0.262 e. The van der Waals surface area contributed by atoms with Crippen LogP contribution in [0.3, 0.4) is 0 Å². The van der Waals surface area contributed by atoms with E-state index in [1.165, 1.54) is 25.7 Å². The average Bonchev–Trinajstić information content (AvgIpc) is 2.82. The lowest BCUT2D eigenvalue weighted by molar-refractivity contribution is -0.117. The van der Waals surface area contributed by atoms with Crippen LogP contribution < -0.4 is 14.8 Å². The summed E-state index contributed by atoms with van der Waals surface area (Å²) in [6.45, 7) is 5.58. The fourth-order valence-electron chi connectivity index (χ4n) is 3.32. The van der Waals surface area contributed by atoms with E-state index >= 15 is 0 Å². The van der Waals surface area contributed by atoms with Crippen molar-refractivity contribution in [1.82, 2.24) is 5.32 Å². The molecule has 1 amide bonds. The molecule has 0 atom stereocenters. The molecular formula is C27H33BrN2O3. The zero-order valence-electron chi connectivity index (χ0n) is 19.5. The summed E-state index contributed by atoms with van der Waals surface area (Å²) in [5, 5.41) is 12.3. The van der Waals surface area contributed by atoms with E-state index < -0.39 is 5.91 Å². The number of nitriles is 1. The van der Waals surface area contributed by atoms with Crippen molar-refractivity contribution < 1.29 is 14.3 Å². The van der Waals surface area contributed by atoms with Crippen LogP contribution in [0, 0.1) is 11.3 Å². The van der Waals surface area contributed by atoms with Crippen LogP contribution in [0.4, 0.5) is 0 Å². The normalized spacial score (nSPS) is 11.0. The second kappa shape index (κ2) is 15.1. The third kappa shape index (κ3) is 9.31. The lowest BCUT2D eigenvalue weighted by atomic mass is 10.1. The number of unbranched alkanes of at least 4 members (excludes halogenated alkanes) is 5. The molecular weight excluding hydrogens is 480 g/mol. The number of nitrogens with zero attached hydrogens (tertiary/aromatic N) is 1. The maximum Gasteiger partial charge on any atom is 0.262 e. The molecule has 0 saturated heterocycles. The van der Waals surface area contributed by atoms with E-state index in [0.717, 1.165) is 22.9 Å². The van der Waals surface area contributed by atoms with E-state index in [1.807, 2.05) is 49.4 Å². The first kappa shape index (κ1) is 26.5. The van der Waals surface area contributed by atoms with Gasteiger partial charge in [-0.2, -0.15) is 5.26 Å². The molecule has 1 N–H and O–H groups in total. The topological polar surface area (TPSA) is 71.3 Å². The molecule has 33 heavy (non-hydrogen) atoms. The van der Waals surface area contributed by atoms with Crippen LogP contribution in [0.15, 0.2) is 52.5 Å². The van der Waals surface area contributed by atoms with Gasteiger partial charge in [0.25, 0.3) is 5.91 Å². The highest BCUT2D eigenvalue weighted by molar-refractivity contribution is 9.10. The summed E-state index contributed by atoms with van der Waals surface area (Å²) in [4.78, 5) is 12.5. The molecule has 6 heteroatoms. The van der Waals surface area contributed by atoms with E-state index in [4.69, 9.17) is 9.47 Å². The third-order valence-electron chi connectivity index (χ3n) is 5.05. The number of rotatable bonds is 14. The average molecular weight is 513 g/mol. The van der Waals surface area contributed by atoms with Crippen LogP contribution in [0.2, 0.25) is 0 Å². The molecule has 0 saturated carbocycles. The second-order valence-corrected chi connectivity index (χ2v) is 8.57. The number of hydrogen-bond acceptors (Lipinski definition) is 4. The minimum absolute atomic E-state index is 0.0287. The molecule has 0 aliphatic rings. The van der Waals surface area contributed by atoms with E-state index in [1.54, 1.807) is 12.1 Å². The van der Waals surface area contributed by atoms with Gasteiger partial charge in [-0.25, -0.2) is 0 Å². The molecule has 0 bridgehead atoms. The molecule has 0 fully saturated rings. The van der Waals surface area contributed by atoms with Gasteiger partial charge in [0.05, 0.1) is 17.7 Å². The molecule has 0 unspecified atom stereocenters. The Morgan fingerprint density at radius 2 is 1.79 bits per heavy atom. The summed E-state index contributed by atoms with van der Waals surface area (Å²) >= 11 is 3.56. The van der Waals surface area contributed by atoms with E-state index in [0.29, 0.717) is 36.8 Å². The fraction of sp³-hybridized carbons (Fsp3) is 0.407. The van der Waals surface area contributed by atoms with Crippen molar-refractivity contribution in [2.75, 3.05) is 13.2 Å². The Balaban J connectivity index is 2.06. The molecule has 0 radical (unpaired) electrons. The van der Waals surface area contributed by atoms with Gasteiger partial charge in [-0.15, -0.1) is 0 Å². The Labute approximate surface area is 205 Å². The van der Waals surface area contributed by atoms with Gasteiger partial charge in [0.15, 0.2) is 11.5 Å². The zero-order valence-corrected chi connectivity index (χ0v) is 21.1. The van der Waals surface area contributed by atoms with Crippen molar-refractivity contribution in [2.24, 2.45) is 0 Å². The number of ether oxygens (including phenoxy) is 2. The Kier molecular flexibility index (Phi) is 12.1. The quantitative estimate of drug-likeness (QED) is 0.171. The molecule has 2 rings (SSSR count). The van der Waals surface area contributed by atoms with Crippen LogP contribution in [0.25, 0.3) is 6.08 Å². The van der Waals surface area contributed by atoms with Crippen molar-refractivity contribution in [3.63, 3.8) is 0 Å². The van der Waals surface area contributed by atoms with Gasteiger partial charge in [-0.3, -0.25) is 4.79 Å². The number of nitrogens with one attached hydrogen (secondary N) is 1. The molecule has 0 spiro atoms. The highest BCUT2D eigenvalue weighted by Gasteiger charge is 2.14. The first-order chi connectivity index (χ1) is 16.1. The summed E-state index contributed by atoms with van der Waals surface area (Å²) in [6, 6.07) is 15.2. The predicted octanol–water partition coefficient (Wildman–Crippen LogP) is 6.81. The van der Waals surface area contributed by atoms with Crippen molar-refractivity contribution in [3.05, 3.63) is 63.6 Å². The van der Waals surface area contributed by atoms with Gasteiger partial charge in [-0.05, 0) is 58.6 Å². The number of benzene rings is 2. The fourth-order valence-corrected chi connectivity index (χ4v) is 3.89. The summed E-state index contributed by atoms with van der Waals surface area (Å²) in [7, 11) is 0. The standard InChI is InChI=1S/C27H33BrN2O3/c1-3-5-6-7-8-12-15-33-26-24(28)17-22(18-25(26)32-4-2)16-23(19-29)27(31)30-20-21-13-10-9-11-14-21/h9-11,13-14,16-18H,3-8,12,15,20H2,1-2H3,(H,30,31)/b23-16+. The highest BCUT2D eigenvalue weighted by Crippen LogP contribution is 2.37. The third-order valence-corrected chi connectivity index (χ3v) is 5.64. The Bertz CT molecular complexity index is 952. The summed E-state index contributed by atoms with van der Waals surface area (Å²) in [6.07, 6.45) is 8.71. The summed E-state index contributed by atoms with van der Waals surface area (Å²) in [5.41, 5.74) is 1.68. The maximum atomic E-state index is 12.5. The van der Waals surface area contributed by atoms with Gasteiger partial charge in [0.1, 0.15) is 11.6 Å². The van der Waals surface area contributed by atoms with Crippen molar-refractivity contribution in [3.8, 4) is 17.6 Å². The lowest BCUT2D eigenvalue weighted by Gasteiger charge is -2.15. The SMILES string of the molecule is CCCCCCCCOc1c(Br)cc(/C=C(\C#N)C(=O)NCc2ccccc2)cc1OCC.